The van der Waals surface area contributed by atoms with Crippen LogP contribution < -0.4 is 0 Å². The minimum atomic E-state index is -3.04. The molecule has 0 N–H and O–H groups in total. The number of halogens is 1. The fourth-order valence-corrected chi connectivity index (χ4v) is 5.37. The fraction of sp³-hybridized carbons (Fsp3) is 0.500. The molecule has 0 spiro atoms. The van der Waals surface area contributed by atoms with Crippen LogP contribution in [0.1, 0.15) is 37.7 Å². The monoisotopic (exact) mass is 351 g/mol. The molecule has 3 rings (SSSR count). The molecule has 1 saturated carbocycles. The molecule has 130 valence electrons. The zero-order chi connectivity index (χ0) is 17.2. The van der Waals surface area contributed by atoms with E-state index >= 15 is 0 Å². The summed E-state index contributed by atoms with van der Waals surface area (Å²) in [5, 5.41) is 0. The van der Waals surface area contributed by atoms with Crippen LogP contribution in [0.5, 0.6) is 0 Å². The van der Waals surface area contributed by atoms with Gasteiger partial charge in [-0.2, -0.15) is 0 Å². The highest BCUT2D eigenvalue weighted by molar-refractivity contribution is 7.91. The molecule has 1 aromatic carbocycles. The van der Waals surface area contributed by atoms with Crippen molar-refractivity contribution in [2.24, 2.45) is 0 Å². The van der Waals surface area contributed by atoms with Crippen LogP contribution in [0.3, 0.4) is 0 Å². The van der Waals surface area contributed by atoms with Gasteiger partial charge in [0, 0.05) is 18.2 Å². The Balaban J connectivity index is 1.77. The molecule has 1 aliphatic carbocycles. The van der Waals surface area contributed by atoms with Crippen LogP contribution in [-0.4, -0.2) is 42.8 Å². The maximum Gasteiger partial charge on any atom is 0.247 e. The van der Waals surface area contributed by atoms with Crippen LogP contribution in [-0.2, 0) is 14.6 Å². The molecule has 4 nitrogen and oxygen atoms in total. The van der Waals surface area contributed by atoms with Gasteiger partial charge in [-0.3, -0.25) is 4.79 Å². The van der Waals surface area contributed by atoms with Crippen LogP contribution >= 0.6 is 0 Å². The van der Waals surface area contributed by atoms with E-state index in [1.165, 1.54) is 18.2 Å². The third-order valence-electron chi connectivity index (χ3n) is 4.86. The number of sulfone groups is 1. The first kappa shape index (κ1) is 17.1. The number of hydrogen-bond acceptors (Lipinski definition) is 3. The van der Waals surface area contributed by atoms with E-state index in [0.29, 0.717) is 6.42 Å². The molecule has 24 heavy (non-hydrogen) atoms. The summed E-state index contributed by atoms with van der Waals surface area (Å²) in [6.07, 6.45) is 7.70. The Bertz CT molecular complexity index is 721. The van der Waals surface area contributed by atoms with Crippen molar-refractivity contribution in [1.29, 1.82) is 0 Å². The van der Waals surface area contributed by atoms with Crippen LogP contribution in [0.4, 0.5) is 4.39 Å². The van der Waals surface area contributed by atoms with Gasteiger partial charge in [0.1, 0.15) is 5.82 Å². The highest BCUT2D eigenvalue weighted by atomic mass is 32.2. The normalized spacial score (nSPS) is 23.8. The van der Waals surface area contributed by atoms with Crippen molar-refractivity contribution in [3.8, 4) is 0 Å². The summed E-state index contributed by atoms with van der Waals surface area (Å²) in [7, 11) is -3.04. The molecule has 2 aliphatic rings. The number of nitrogens with zero attached hydrogens (tertiary/aromatic N) is 1. The van der Waals surface area contributed by atoms with Crippen molar-refractivity contribution in [2.45, 2.75) is 44.2 Å². The Kier molecular flexibility index (Phi) is 5.04. The smallest absolute Gasteiger partial charge is 0.247 e. The second-order valence-electron chi connectivity index (χ2n) is 6.63. The molecule has 2 fully saturated rings. The van der Waals surface area contributed by atoms with E-state index in [2.05, 4.69) is 0 Å². The van der Waals surface area contributed by atoms with Crippen molar-refractivity contribution in [3.05, 3.63) is 41.7 Å². The zero-order valence-electron chi connectivity index (χ0n) is 13.5. The van der Waals surface area contributed by atoms with Crippen LogP contribution in [0, 0.1) is 5.82 Å². The Hall–Kier alpha value is -1.69. The van der Waals surface area contributed by atoms with Crippen molar-refractivity contribution in [1.82, 2.24) is 4.90 Å². The molecule has 1 amide bonds. The predicted molar refractivity (Wildman–Crippen MR) is 91.6 cm³/mol. The molecular weight excluding hydrogens is 329 g/mol. The van der Waals surface area contributed by atoms with Crippen molar-refractivity contribution in [2.75, 3.05) is 11.5 Å². The highest BCUT2D eigenvalue weighted by Crippen LogP contribution is 2.29. The molecule has 1 atom stereocenters. The second-order valence-corrected chi connectivity index (χ2v) is 8.85. The summed E-state index contributed by atoms with van der Waals surface area (Å²) in [5.41, 5.74) is 0.746. The number of carbonyl (C=O) groups is 1. The van der Waals surface area contributed by atoms with Gasteiger partial charge in [-0.25, -0.2) is 12.8 Å². The van der Waals surface area contributed by atoms with Gasteiger partial charge in [0.2, 0.25) is 5.91 Å². The summed E-state index contributed by atoms with van der Waals surface area (Å²) in [4.78, 5) is 14.5. The quantitative estimate of drug-likeness (QED) is 0.784. The van der Waals surface area contributed by atoms with Gasteiger partial charge in [0.05, 0.1) is 11.5 Å². The van der Waals surface area contributed by atoms with Gasteiger partial charge in [-0.05, 0) is 43.0 Å². The largest absolute Gasteiger partial charge is 0.332 e. The maximum atomic E-state index is 12.9. The molecule has 1 aliphatic heterocycles. The second kappa shape index (κ2) is 7.05. The zero-order valence-corrected chi connectivity index (χ0v) is 14.3. The van der Waals surface area contributed by atoms with E-state index in [9.17, 15) is 17.6 Å². The standard InChI is InChI=1S/C18H22FNO3S/c19-15-8-5-14(6-9-15)7-10-18(21)20(16-3-1-2-4-16)17-11-12-24(22,23)13-17/h5-10,16-17H,1-4,11-13H2. The van der Waals surface area contributed by atoms with E-state index in [1.807, 2.05) is 0 Å². The molecule has 1 saturated heterocycles. The lowest BCUT2D eigenvalue weighted by molar-refractivity contribution is -0.130. The van der Waals surface area contributed by atoms with Crippen molar-refractivity contribution < 1.29 is 17.6 Å². The van der Waals surface area contributed by atoms with Crippen molar-refractivity contribution >= 4 is 21.8 Å². The minimum absolute atomic E-state index is 0.0691. The Morgan fingerprint density at radius 3 is 2.33 bits per heavy atom. The Morgan fingerprint density at radius 2 is 1.75 bits per heavy atom. The van der Waals surface area contributed by atoms with E-state index in [0.717, 1.165) is 31.2 Å². The van der Waals surface area contributed by atoms with Gasteiger partial charge in [0.15, 0.2) is 9.84 Å². The number of rotatable bonds is 4. The van der Waals surface area contributed by atoms with Gasteiger partial charge in [-0.1, -0.05) is 25.0 Å². The molecule has 0 radical (unpaired) electrons. The van der Waals surface area contributed by atoms with Gasteiger partial charge in [0.25, 0.3) is 0 Å². The molecule has 1 heterocycles. The molecule has 0 bridgehead atoms. The summed E-state index contributed by atoms with van der Waals surface area (Å²) in [5.74, 6) is -0.231. The maximum absolute atomic E-state index is 12.9. The first-order valence-corrected chi connectivity index (χ1v) is 10.2. The highest BCUT2D eigenvalue weighted by Gasteiger charge is 2.38. The average molecular weight is 351 g/mol. The van der Waals surface area contributed by atoms with Gasteiger partial charge in [-0.15, -0.1) is 0 Å². The van der Waals surface area contributed by atoms with E-state index in [-0.39, 0.29) is 35.3 Å². The minimum Gasteiger partial charge on any atom is -0.332 e. The SMILES string of the molecule is O=C(C=Cc1ccc(F)cc1)N(C1CCCC1)C1CCS(=O)(=O)C1. The number of amides is 1. The summed E-state index contributed by atoms with van der Waals surface area (Å²) < 4.78 is 36.5. The van der Waals surface area contributed by atoms with Crippen molar-refractivity contribution in [3.63, 3.8) is 0 Å². The molecular formula is C18H22FNO3S. The Morgan fingerprint density at radius 1 is 1.08 bits per heavy atom. The number of hydrogen-bond donors (Lipinski definition) is 0. The molecule has 0 aromatic heterocycles. The Labute approximate surface area is 142 Å². The van der Waals surface area contributed by atoms with E-state index in [1.54, 1.807) is 23.1 Å². The number of benzene rings is 1. The third kappa shape index (κ3) is 4.04. The third-order valence-corrected chi connectivity index (χ3v) is 6.61. The first-order chi connectivity index (χ1) is 11.4. The lowest BCUT2D eigenvalue weighted by Gasteiger charge is -2.33. The van der Waals surface area contributed by atoms with Crippen LogP contribution in [0.25, 0.3) is 6.08 Å². The lowest BCUT2D eigenvalue weighted by Crippen LogP contribution is -2.46. The molecule has 1 unspecified atom stereocenters. The lowest BCUT2D eigenvalue weighted by atomic mass is 10.1. The average Bonchev–Trinajstić information content (AvgIpc) is 3.17. The van der Waals surface area contributed by atoms with Crippen LogP contribution in [0.2, 0.25) is 0 Å². The molecule has 6 heteroatoms. The molecule has 1 aromatic rings. The topological polar surface area (TPSA) is 54.5 Å². The van der Waals surface area contributed by atoms with Crippen LogP contribution in [0.15, 0.2) is 30.3 Å². The van der Waals surface area contributed by atoms with Gasteiger partial charge < -0.3 is 4.90 Å². The first-order valence-electron chi connectivity index (χ1n) is 8.41. The summed E-state index contributed by atoms with van der Waals surface area (Å²) in [6, 6.07) is 5.83. The van der Waals surface area contributed by atoms with Gasteiger partial charge >= 0.3 is 0 Å². The number of carbonyl (C=O) groups excluding carboxylic acids is 1. The van der Waals surface area contributed by atoms with E-state index < -0.39 is 9.84 Å². The predicted octanol–water partition coefficient (Wildman–Crippen LogP) is 2.80. The van der Waals surface area contributed by atoms with E-state index in [4.69, 9.17) is 0 Å². The summed E-state index contributed by atoms with van der Waals surface area (Å²) in [6.45, 7) is 0. The fourth-order valence-electron chi connectivity index (χ4n) is 3.66. The summed E-state index contributed by atoms with van der Waals surface area (Å²) >= 11 is 0.